The lowest BCUT2D eigenvalue weighted by molar-refractivity contribution is 0.0746. The first-order chi connectivity index (χ1) is 12.1. The van der Waals surface area contributed by atoms with Crippen LogP contribution in [0.1, 0.15) is 44.3 Å². The number of hydrogen-bond acceptors (Lipinski definition) is 2. The Balaban J connectivity index is 1.93. The molecule has 3 aromatic rings. The standard InChI is InChI=1S/C23H22O2/c1-16-12-13-17(2)20(14-16)15-19-10-6-7-11-21(19)23(25)22(24)18-8-4-3-5-9-18/h3-14,22,24H,15H2,1-2H3. The van der Waals surface area contributed by atoms with Crippen LogP contribution in [0, 0.1) is 13.8 Å². The molecule has 0 spiro atoms. The molecule has 126 valence electrons. The molecule has 0 amide bonds. The summed E-state index contributed by atoms with van der Waals surface area (Å²) in [6.07, 6.45) is -0.460. The minimum Gasteiger partial charge on any atom is -0.380 e. The molecule has 3 aromatic carbocycles. The Hall–Kier alpha value is -2.71. The zero-order valence-corrected chi connectivity index (χ0v) is 14.6. The molecule has 0 aliphatic heterocycles. The summed E-state index contributed by atoms with van der Waals surface area (Å²) in [4.78, 5) is 12.9. The van der Waals surface area contributed by atoms with E-state index in [1.165, 1.54) is 16.7 Å². The van der Waals surface area contributed by atoms with Gasteiger partial charge in [-0.1, -0.05) is 78.4 Å². The maximum atomic E-state index is 12.9. The molecule has 1 atom stereocenters. The molecule has 2 heteroatoms. The van der Waals surface area contributed by atoms with Crippen molar-refractivity contribution >= 4 is 5.78 Å². The number of benzene rings is 3. The quantitative estimate of drug-likeness (QED) is 0.682. The van der Waals surface area contributed by atoms with Gasteiger partial charge in [-0.25, -0.2) is 0 Å². The number of aliphatic hydroxyl groups excluding tert-OH is 1. The van der Waals surface area contributed by atoms with E-state index in [4.69, 9.17) is 0 Å². The fourth-order valence-corrected chi connectivity index (χ4v) is 3.04. The fourth-order valence-electron chi connectivity index (χ4n) is 3.04. The smallest absolute Gasteiger partial charge is 0.196 e. The van der Waals surface area contributed by atoms with Crippen molar-refractivity contribution in [3.05, 3.63) is 106 Å². The predicted octanol–water partition coefficient (Wildman–Crippen LogP) is 4.81. The third kappa shape index (κ3) is 3.86. The first kappa shape index (κ1) is 17.1. The molecule has 1 unspecified atom stereocenters. The van der Waals surface area contributed by atoms with E-state index < -0.39 is 6.10 Å². The topological polar surface area (TPSA) is 37.3 Å². The summed E-state index contributed by atoms with van der Waals surface area (Å²) in [6.45, 7) is 4.15. The summed E-state index contributed by atoms with van der Waals surface area (Å²) in [5, 5.41) is 10.5. The number of rotatable bonds is 5. The van der Waals surface area contributed by atoms with Crippen molar-refractivity contribution < 1.29 is 9.90 Å². The molecule has 3 rings (SSSR count). The second-order valence-electron chi connectivity index (χ2n) is 6.44. The van der Waals surface area contributed by atoms with Crippen LogP contribution in [-0.4, -0.2) is 10.9 Å². The number of carbonyl (C=O) groups is 1. The normalized spacial score (nSPS) is 12.0. The Labute approximate surface area is 148 Å². The number of aliphatic hydroxyl groups is 1. The second-order valence-corrected chi connectivity index (χ2v) is 6.44. The highest BCUT2D eigenvalue weighted by Crippen LogP contribution is 2.23. The molecule has 0 saturated carbocycles. The molecule has 1 N–H and O–H groups in total. The van der Waals surface area contributed by atoms with Crippen molar-refractivity contribution in [3.8, 4) is 0 Å². The van der Waals surface area contributed by atoms with Crippen LogP contribution in [0.4, 0.5) is 0 Å². The Morgan fingerprint density at radius 1 is 0.880 bits per heavy atom. The average Bonchev–Trinajstić information content (AvgIpc) is 2.65. The molecule has 0 bridgehead atoms. The van der Waals surface area contributed by atoms with Crippen molar-refractivity contribution in [1.29, 1.82) is 0 Å². The lowest BCUT2D eigenvalue weighted by Crippen LogP contribution is -2.14. The maximum Gasteiger partial charge on any atom is 0.196 e. The second kappa shape index (κ2) is 7.45. The Kier molecular flexibility index (Phi) is 5.11. The van der Waals surface area contributed by atoms with Crippen molar-refractivity contribution in [2.75, 3.05) is 0 Å². The molecule has 0 radical (unpaired) electrons. The van der Waals surface area contributed by atoms with E-state index in [2.05, 4.69) is 32.0 Å². The molecular formula is C23H22O2. The van der Waals surface area contributed by atoms with Gasteiger partial charge in [0.05, 0.1) is 0 Å². The summed E-state index contributed by atoms with van der Waals surface area (Å²) >= 11 is 0. The number of hydrogen-bond donors (Lipinski definition) is 1. The molecule has 2 nitrogen and oxygen atoms in total. The highest BCUT2D eigenvalue weighted by Gasteiger charge is 2.21. The van der Waals surface area contributed by atoms with Crippen LogP contribution >= 0.6 is 0 Å². The third-order valence-corrected chi connectivity index (χ3v) is 4.53. The summed E-state index contributed by atoms with van der Waals surface area (Å²) in [6, 6.07) is 23.0. The van der Waals surface area contributed by atoms with Crippen molar-refractivity contribution in [2.24, 2.45) is 0 Å². The highest BCUT2D eigenvalue weighted by molar-refractivity contribution is 6.01. The monoisotopic (exact) mass is 330 g/mol. The van der Waals surface area contributed by atoms with E-state index >= 15 is 0 Å². The molecule has 0 fully saturated rings. The lowest BCUT2D eigenvalue weighted by atomic mass is 9.91. The summed E-state index contributed by atoms with van der Waals surface area (Å²) in [5.74, 6) is -0.257. The van der Waals surface area contributed by atoms with Gasteiger partial charge in [-0.05, 0) is 42.5 Å². The van der Waals surface area contributed by atoms with Crippen LogP contribution in [-0.2, 0) is 6.42 Å². The average molecular weight is 330 g/mol. The predicted molar refractivity (Wildman–Crippen MR) is 101 cm³/mol. The third-order valence-electron chi connectivity index (χ3n) is 4.53. The van der Waals surface area contributed by atoms with Gasteiger partial charge >= 0.3 is 0 Å². The first-order valence-electron chi connectivity index (χ1n) is 8.47. The van der Waals surface area contributed by atoms with Crippen LogP contribution < -0.4 is 0 Å². The SMILES string of the molecule is Cc1ccc(C)c(Cc2ccccc2C(=O)C(O)c2ccccc2)c1. The van der Waals surface area contributed by atoms with Gasteiger partial charge in [-0.3, -0.25) is 4.79 Å². The number of Topliss-reactive ketones (excluding diaryl/α,β-unsaturated/α-hetero) is 1. The minimum absolute atomic E-state index is 0.257. The van der Waals surface area contributed by atoms with Crippen molar-refractivity contribution in [1.82, 2.24) is 0 Å². The van der Waals surface area contributed by atoms with E-state index in [9.17, 15) is 9.90 Å². The van der Waals surface area contributed by atoms with E-state index in [1.807, 2.05) is 36.4 Å². The van der Waals surface area contributed by atoms with Gasteiger partial charge in [0.15, 0.2) is 5.78 Å². The molecule has 0 aliphatic carbocycles. The molecule has 25 heavy (non-hydrogen) atoms. The van der Waals surface area contributed by atoms with Crippen LogP contribution in [0.3, 0.4) is 0 Å². The Morgan fingerprint density at radius 3 is 2.32 bits per heavy atom. The van der Waals surface area contributed by atoms with Gasteiger partial charge in [0.25, 0.3) is 0 Å². The Bertz CT molecular complexity index is 882. The number of ketones is 1. The van der Waals surface area contributed by atoms with Gasteiger partial charge in [-0.15, -0.1) is 0 Å². The van der Waals surface area contributed by atoms with E-state index in [0.717, 1.165) is 5.56 Å². The molecular weight excluding hydrogens is 308 g/mol. The van der Waals surface area contributed by atoms with Crippen LogP contribution in [0.2, 0.25) is 0 Å². The van der Waals surface area contributed by atoms with Gasteiger partial charge in [0, 0.05) is 5.56 Å². The van der Waals surface area contributed by atoms with E-state index in [-0.39, 0.29) is 5.78 Å². The van der Waals surface area contributed by atoms with Crippen LogP contribution in [0.5, 0.6) is 0 Å². The zero-order chi connectivity index (χ0) is 17.8. The summed E-state index contributed by atoms with van der Waals surface area (Å²) < 4.78 is 0. The summed E-state index contributed by atoms with van der Waals surface area (Å²) in [5.41, 5.74) is 5.75. The fraction of sp³-hybridized carbons (Fsp3) is 0.174. The highest BCUT2D eigenvalue weighted by atomic mass is 16.3. The number of carbonyl (C=O) groups excluding carboxylic acids is 1. The minimum atomic E-state index is -1.14. The van der Waals surface area contributed by atoms with Gasteiger partial charge in [0.2, 0.25) is 0 Å². The van der Waals surface area contributed by atoms with E-state index in [1.54, 1.807) is 18.2 Å². The van der Waals surface area contributed by atoms with Gasteiger partial charge in [-0.2, -0.15) is 0 Å². The molecule has 0 heterocycles. The molecule has 0 aliphatic rings. The first-order valence-corrected chi connectivity index (χ1v) is 8.47. The largest absolute Gasteiger partial charge is 0.380 e. The maximum absolute atomic E-state index is 12.9. The van der Waals surface area contributed by atoms with Gasteiger partial charge in [0.1, 0.15) is 6.10 Å². The van der Waals surface area contributed by atoms with Crippen molar-refractivity contribution in [3.63, 3.8) is 0 Å². The van der Waals surface area contributed by atoms with Crippen LogP contribution in [0.25, 0.3) is 0 Å². The number of aryl methyl sites for hydroxylation is 2. The lowest BCUT2D eigenvalue weighted by Gasteiger charge is -2.15. The zero-order valence-electron chi connectivity index (χ0n) is 14.6. The molecule has 0 aromatic heterocycles. The Morgan fingerprint density at radius 2 is 1.56 bits per heavy atom. The van der Waals surface area contributed by atoms with Crippen LogP contribution in [0.15, 0.2) is 72.8 Å². The molecule has 0 saturated heterocycles. The summed E-state index contributed by atoms with van der Waals surface area (Å²) in [7, 11) is 0. The van der Waals surface area contributed by atoms with E-state index in [0.29, 0.717) is 17.5 Å². The van der Waals surface area contributed by atoms with Gasteiger partial charge < -0.3 is 5.11 Å². The van der Waals surface area contributed by atoms with Crippen molar-refractivity contribution in [2.45, 2.75) is 26.4 Å².